The van der Waals surface area contributed by atoms with Gasteiger partial charge in [0.2, 0.25) is 0 Å². The van der Waals surface area contributed by atoms with Gasteiger partial charge in [-0.2, -0.15) is 0 Å². The molecule has 7 nitrogen and oxygen atoms in total. The van der Waals surface area contributed by atoms with Gasteiger partial charge in [0.15, 0.2) is 0 Å². The van der Waals surface area contributed by atoms with Crippen molar-refractivity contribution in [3.63, 3.8) is 0 Å². The number of nitrogens with one attached hydrogen (secondary N) is 1. The lowest BCUT2D eigenvalue weighted by Crippen LogP contribution is -2.66. The number of likely N-dealkylation sites (N-methyl/N-ethyl adjacent to an activating group) is 1. The number of imide groups is 1. The van der Waals surface area contributed by atoms with Crippen molar-refractivity contribution in [1.82, 2.24) is 20.0 Å². The van der Waals surface area contributed by atoms with Crippen molar-refractivity contribution in [2.75, 3.05) is 25.0 Å². The number of aryl methyl sites for hydroxylation is 2. The summed E-state index contributed by atoms with van der Waals surface area (Å²) in [6, 6.07) is 13.2. The van der Waals surface area contributed by atoms with Crippen molar-refractivity contribution in [3.05, 3.63) is 64.2 Å². The predicted octanol–water partition coefficient (Wildman–Crippen LogP) is 3.14. The Morgan fingerprint density at radius 3 is 2.56 bits per heavy atom. The Kier molecular flexibility index (Phi) is 5.35. The van der Waals surface area contributed by atoms with Crippen LogP contribution in [-0.2, 0) is 11.3 Å². The first kappa shape index (κ1) is 21.2. The normalized spacial score (nSPS) is 25.9. The lowest BCUT2D eigenvalue weighted by molar-refractivity contribution is -0.139. The molecule has 0 saturated carbocycles. The molecule has 3 heterocycles. The van der Waals surface area contributed by atoms with E-state index in [0.29, 0.717) is 5.02 Å². The van der Waals surface area contributed by atoms with Gasteiger partial charge in [0.1, 0.15) is 18.5 Å². The molecule has 168 valence electrons. The second-order valence-electron chi connectivity index (χ2n) is 8.95. The number of fused-ring (bicyclic) bond motifs is 3. The molecule has 32 heavy (non-hydrogen) atoms. The van der Waals surface area contributed by atoms with Crippen LogP contribution in [0.3, 0.4) is 0 Å². The summed E-state index contributed by atoms with van der Waals surface area (Å²) >= 11 is 6.30. The summed E-state index contributed by atoms with van der Waals surface area (Å²) in [5.41, 5.74) is 4.28. The van der Waals surface area contributed by atoms with Gasteiger partial charge in [0.05, 0.1) is 6.54 Å². The highest BCUT2D eigenvalue weighted by Crippen LogP contribution is 2.35. The molecule has 8 heteroatoms. The molecule has 3 amide bonds. The average Bonchev–Trinajstić information content (AvgIpc) is 3.18. The summed E-state index contributed by atoms with van der Waals surface area (Å²) in [7, 11) is 1.77. The first-order valence-electron chi connectivity index (χ1n) is 11.0. The molecule has 2 aromatic carbocycles. The molecule has 3 aliphatic heterocycles. The Morgan fingerprint density at radius 2 is 1.81 bits per heavy atom. The molecule has 5 rings (SSSR count). The van der Waals surface area contributed by atoms with Gasteiger partial charge in [-0.05, 0) is 43.5 Å². The highest BCUT2D eigenvalue weighted by atomic mass is 35.5. The smallest absolute Gasteiger partial charge is 0.328 e. The first-order chi connectivity index (χ1) is 15.3. The monoisotopic (exact) mass is 453 g/mol. The van der Waals surface area contributed by atoms with Crippen LogP contribution in [0.4, 0.5) is 10.5 Å². The van der Waals surface area contributed by atoms with Gasteiger partial charge in [-0.25, -0.2) is 4.79 Å². The summed E-state index contributed by atoms with van der Waals surface area (Å²) in [6.45, 7) is 6.01. The number of hydrogen-bond donors (Lipinski definition) is 1. The standard InChI is InChI=1S/C24H28ClN5O2/c1-15-5-8-17(9-6-15)14-30-22(31)20-21(27(3)24(30)32)26-23-28(11-4-12-29(20)23)19-13-18(25)10-7-16(19)2/h5-10,13,20-21,23,26H,4,11-12,14H2,1-3H3. The molecule has 0 bridgehead atoms. The van der Waals surface area contributed by atoms with Crippen LogP contribution in [0, 0.1) is 13.8 Å². The van der Waals surface area contributed by atoms with E-state index in [1.807, 2.05) is 49.4 Å². The fourth-order valence-corrected chi connectivity index (χ4v) is 5.25. The highest BCUT2D eigenvalue weighted by Gasteiger charge is 2.56. The molecule has 0 aliphatic carbocycles. The van der Waals surface area contributed by atoms with Gasteiger partial charge >= 0.3 is 6.03 Å². The van der Waals surface area contributed by atoms with Gasteiger partial charge in [-0.3, -0.25) is 19.9 Å². The first-order valence-corrected chi connectivity index (χ1v) is 11.4. The molecule has 3 unspecified atom stereocenters. The molecule has 3 aliphatic rings. The topological polar surface area (TPSA) is 59.1 Å². The third kappa shape index (κ3) is 3.45. The fraction of sp³-hybridized carbons (Fsp3) is 0.417. The fourth-order valence-electron chi connectivity index (χ4n) is 5.08. The van der Waals surface area contributed by atoms with Gasteiger partial charge in [0.25, 0.3) is 5.91 Å². The molecule has 0 spiro atoms. The van der Waals surface area contributed by atoms with E-state index in [2.05, 4.69) is 22.0 Å². The van der Waals surface area contributed by atoms with Crippen LogP contribution in [0.15, 0.2) is 42.5 Å². The molecular formula is C24H28ClN5O2. The minimum Gasteiger partial charge on any atom is -0.343 e. The average molecular weight is 454 g/mol. The molecule has 3 fully saturated rings. The van der Waals surface area contributed by atoms with Crippen LogP contribution in [0.5, 0.6) is 0 Å². The Labute approximate surface area is 193 Å². The van der Waals surface area contributed by atoms with Crippen molar-refractivity contribution in [3.8, 4) is 0 Å². The zero-order chi connectivity index (χ0) is 22.6. The minimum atomic E-state index is -0.421. The zero-order valence-corrected chi connectivity index (χ0v) is 19.3. The molecule has 2 aromatic rings. The van der Waals surface area contributed by atoms with Crippen LogP contribution in [0.1, 0.15) is 23.1 Å². The quantitative estimate of drug-likeness (QED) is 0.773. The number of hydrogen-bond acceptors (Lipinski definition) is 5. The zero-order valence-electron chi connectivity index (χ0n) is 18.6. The van der Waals surface area contributed by atoms with Gasteiger partial charge in [0, 0.05) is 30.8 Å². The molecule has 0 aromatic heterocycles. The summed E-state index contributed by atoms with van der Waals surface area (Å²) in [5.74, 6) is -0.140. The lowest BCUT2D eigenvalue weighted by atomic mass is 10.1. The third-order valence-corrected chi connectivity index (χ3v) is 7.05. The minimum absolute atomic E-state index is 0.140. The van der Waals surface area contributed by atoms with E-state index < -0.39 is 6.04 Å². The summed E-state index contributed by atoms with van der Waals surface area (Å²) in [5, 5.41) is 4.24. The van der Waals surface area contributed by atoms with E-state index in [0.717, 1.165) is 41.9 Å². The van der Waals surface area contributed by atoms with Crippen molar-refractivity contribution in [2.24, 2.45) is 0 Å². The lowest BCUT2D eigenvalue weighted by Gasteiger charge is -2.44. The van der Waals surface area contributed by atoms with E-state index in [9.17, 15) is 9.59 Å². The number of rotatable bonds is 3. The summed E-state index contributed by atoms with van der Waals surface area (Å²) in [6.07, 6.45) is 0.389. The van der Waals surface area contributed by atoms with E-state index >= 15 is 0 Å². The maximum absolute atomic E-state index is 13.6. The van der Waals surface area contributed by atoms with E-state index in [4.69, 9.17) is 11.6 Å². The maximum Gasteiger partial charge on any atom is 0.328 e. The maximum atomic E-state index is 13.6. The van der Waals surface area contributed by atoms with Gasteiger partial charge in [-0.15, -0.1) is 0 Å². The second kappa shape index (κ2) is 8.06. The number of carbonyl (C=O) groups excluding carboxylic acids is 2. The number of benzene rings is 2. The van der Waals surface area contributed by atoms with Crippen LogP contribution in [0.2, 0.25) is 5.02 Å². The number of carbonyl (C=O) groups is 2. The van der Waals surface area contributed by atoms with Gasteiger partial charge in [-0.1, -0.05) is 47.5 Å². The van der Waals surface area contributed by atoms with Crippen LogP contribution in [-0.4, -0.2) is 65.3 Å². The van der Waals surface area contributed by atoms with Gasteiger partial charge < -0.3 is 9.80 Å². The van der Waals surface area contributed by atoms with Crippen molar-refractivity contribution < 1.29 is 9.59 Å². The van der Waals surface area contributed by atoms with Crippen LogP contribution in [0.25, 0.3) is 0 Å². The number of anilines is 1. The number of urea groups is 1. The highest BCUT2D eigenvalue weighted by molar-refractivity contribution is 6.30. The largest absolute Gasteiger partial charge is 0.343 e. The number of amides is 3. The van der Waals surface area contributed by atoms with E-state index in [1.165, 1.54) is 4.90 Å². The van der Waals surface area contributed by atoms with E-state index in [-0.39, 0.29) is 30.9 Å². The molecular weight excluding hydrogens is 426 g/mol. The SMILES string of the molecule is Cc1ccc(CN2C(=O)C3C(NC4N(c5cc(Cl)ccc5C)CCCN34)N(C)C2=O)cc1. The molecule has 0 radical (unpaired) electrons. The van der Waals surface area contributed by atoms with Crippen LogP contribution < -0.4 is 10.2 Å². The van der Waals surface area contributed by atoms with Crippen molar-refractivity contribution >= 4 is 29.2 Å². The molecule has 3 saturated heterocycles. The van der Waals surface area contributed by atoms with Crippen molar-refractivity contribution in [2.45, 2.75) is 45.3 Å². The Bertz CT molecular complexity index is 1060. The molecule has 3 atom stereocenters. The number of nitrogens with zero attached hydrogens (tertiary/aromatic N) is 4. The second-order valence-corrected chi connectivity index (χ2v) is 9.39. The predicted molar refractivity (Wildman–Crippen MR) is 124 cm³/mol. The third-order valence-electron chi connectivity index (χ3n) is 6.81. The Balaban J connectivity index is 1.45. The summed E-state index contributed by atoms with van der Waals surface area (Å²) < 4.78 is 0. The van der Waals surface area contributed by atoms with E-state index in [1.54, 1.807) is 11.9 Å². The Morgan fingerprint density at radius 1 is 1.06 bits per heavy atom. The summed E-state index contributed by atoms with van der Waals surface area (Å²) in [4.78, 5) is 34.3. The van der Waals surface area contributed by atoms with Crippen LogP contribution >= 0.6 is 11.6 Å². The number of halogens is 1. The van der Waals surface area contributed by atoms with Crippen molar-refractivity contribution in [1.29, 1.82) is 0 Å². The molecule has 1 N–H and O–H groups in total. The Hall–Kier alpha value is -2.61.